The molecule has 0 fully saturated rings. The molecule has 0 aliphatic rings. The lowest BCUT2D eigenvalue weighted by atomic mass is 10.2. The normalized spacial score (nSPS) is 9.12. The number of para-hydroxylation sites is 1. The Kier molecular flexibility index (Phi) is 4.09. The molecule has 0 unspecified atom stereocenters. The zero-order valence-corrected chi connectivity index (χ0v) is 10.2. The van der Waals surface area contributed by atoms with Gasteiger partial charge in [-0.2, -0.15) is 5.26 Å². The van der Waals surface area contributed by atoms with Gasteiger partial charge in [0.15, 0.2) is 11.5 Å². The van der Waals surface area contributed by atoms with Crippen molar-refractivity contribution in [2.45, 2.75) is 0 Å². The molecule has 0 aromatic heterocycles. The summed E-state index contributed by atoms with van der Waals surface area (Å²) >= 11 is 5.01. The fourth-order valence-electron chi connectivity index (χ4n) is 1.05. The van der Waals surface area contributed by atoms with Gasteiger partial charge in [0.05, 0.1) is 12.7 Å². The number of hydrogen-bond acceptors (Lipinski definition) is 4. The summed E-state index contributed by atoms with van der Waals surface area (Å²) in [4.78, 5) is 1.64. The predicted octanol–water partition coefficient (Wildman–Crippen LogP) is 1.79. The van der Waals surface area contributed by atoms with Gasteiger partial charge < -0.3 is 14.4 Å². The van der Waals surface area contributed by atoms with Crippen molar-refractivity contribution in [1.82, 2.24) is 4.90 Å². The molecule has 5 heteroatoms. The largest absolute Gasteiger partial charge is 0.493 e. The Hall–Kier alpha value is -1.80. The van der Waals surface area contributed by atoms with Crippen LogP contribution in [0.25, 0.3) is 0 Å². The summed E-state index contributed by atoms with van der Waals surface area (Å²) in [6.07, 6.45) is 0. The average molecular weight is 236 g/mol. The number of nitrogens with zero attached hydrogens (tertiary/aromatic N) is 2. The molecule has 0 aliphatic carbocycles. The molecule has 4 nitrogen and oxygen atoms in total. The average Bonchev–Trinajstić information content (AvgIpc) is 2.29. The molecule has 0 bridgehead atoms. The zero-order chi connectivity index (χ0) is 12.1. The number of nitriles is 1. The van der Waals surface area contributed by atoms with Crippen LogP contribution in [0.1, 0.15) is 5.56 Å². The third-order valence-corrected chi connectivity index (χ3v) is 2.32. The smallest absolute Gasteiger partial charge is 0.264 e. The van der Waals surface area contributed by atoms with Gasteiger partial charge in [0.25, 0.3) is 5.17 Å². The molecule has 0 atom stereocenters. The standard InChI is InChI=1S/C11H12N2O2S/c1-13(2)11(16)15-10-8(7-12)5-4-6-9(10)14-3/h4-6H,1-3H3. The van der Waals surface area contributed by atoms with E-state index in [9.17, 15) is 0 Å². The molecule has 84 valence electrons. The first-order valence-electron chi connectivity index (χ1n) is 4.56. The molecule has 0 heterocycles. The second-order valence-electron chi connectivity index (χ2n) is 3.21. The third kappa shape index (κ3) is 2.61. The summed E-state index contributed by atoms with van der Waals surface area (Å²) < 4.78 is 10.5. The second-order valence-corrected chi connectivity index (χ2v) is 3.56. The Bertz CT molecular complexity index is 438. The molecule has 0 radical (unpaired) electrons. The fourth-order valence-corrected chi connectivity index (χ4v) is 1.13. The van der Waals surface area contributed by atoms with Crippen molar-refractivity contribution in [3.8, 4) is 17.6 Å². The molecule has 1 rings (SSSR count). The highest BCUT2D eigenvalue weighted by molar-refractivity contribution is 7.80. The van der Waals surface area contributed by atoms with Crippen LogP contribution >= 0.6 is 12.2 Å². The van der Waals surface area contributed by atoms with Crippen molar-refractivity contribution in [2.24, 2.45) is 0 Å². The van der Waals surface area contributed by atoms with E-state index >= 15 is 0 Å². The molecular formula is C11H12N2O2S. The van der Waals surface area contributed by atoms with E-state index in [1.807, 2.05) is 6.07 Å². The topological polar surface area (TPSA) is 45.5 Å². The summed E-state index contributed by atoms with van der Waals surface area (Å²) in [6.45, 7) is 0. The molecule has 0 saturated carbocycles. The van der Waals surface area contributed by atoms with Gasteiger partial charge in [-0.15, -0.1) is 0 Å². The van der Waals surface area contributed by atoms with Crippen LogP contribution in [0.2, 0.25) is 0 Å². The molecule has 0 N–H and O–H groups in total. The van der Waals surface area contributed by atoms with Gasteiger partial charge in [0.1, 0.15) is 6.07 Å². The summed E-state index contributed by atoms with van der Waals surface area (Å²) in [5, 5.41) is 9.23. The number of ether oxygens (including phenoxy) is 2. The Morgan fingerprint density at radius 1 is 1.44 bits per heavy atom. The van der Waals surface area contributed by atoms with Gasteiger partial charge in [-0.3, -0.25) is 0 Å². The number of hydrogen-bond donors (Lipinski definition) is 0. The maximum absolute atomic E-state index is 8.95. The predicted molar refractivity (Wildman–Crippen MR) is 64.6 cm³/mol. The van der Waals surface area contributed by atoms with E-state index in [1.54, 1.807) is 37.2 Å². The first-order chi connectivity index (χ1) is 7.60. The highest BCUT2D eigenvalue weighted by Gasteiger charge is 2.13. The molecule has 0 spiro atoms. The Labute approximate surface area is 100.0 Å². The first-order valence-corrected chi connectivity index (χ1v) is 4.97. The SMILES string of the molecule is COc1cccc(C#N)c1OC(=S)N(C)C. The van der Waals surface area contributed by atoms with Crippen LogP contribution in [0.5, 0.6) is 11.5 Å². The molecule has 0 aliphatic heterocycles. The maximum atomic E-state index is 8.95. The molecular weight excluding hydrogens is 224 g/mol. The van der Waals surface area contributed by atoms with Crippen molar-refractivity contribution >= 4 is 17.4 Å². The minimum Gasteiger partial charge on any atom is -0.493 e. The molecule has 16 heavy (non-hydrogen) atoms. The van der Waals surface area contributed by atoms with E-state index < -0.39 is 0 Å². The Balaban J connectivity index is 3.10. The second kappa shape index (κ2) is 5.33. The first kappa shape index (κ1) is 12.3. The highest BCUT2D eigenvalue weighted by Crippen LogP contribution is 2.30. The van der Waals surface area contributed by atoms with E-state index in [-0.39, 0.29) is 5.17 Å². The van der Waals surface area contributed by atoms with Crippen molar-refractivity contribution in [3.05, 3.63) is 23.8 Å². The van der Waals surface area contributed by atoms with Gasteiger partial charge in [-0.05, 0) is 24.4 Å². The summed E-state index contributed by atoms with van der Waals surface area (Å²) in [7, 11) is 5.05. The molecule has 1 aromatic carbocycles. The van der Waals surface area contributed by atoms with Gasteiger partial charge in [0.2, 0.25) is 0 Å². The highest BCUT2D eigenvalue weighted by atomic mass is 32.1. The Morgan fingerprint density at radius 3 is 2.62 bits per heavy atom. The van der Waals surface area contributed by atoms with Gasteiger partial charge >= 0.3 is 0 Å². The van der Waals surface area contributed by atoms with E-state index in [4.69, 9.17) is 27.0 Å². The van der Waals surface area contributed by atoms with E-state index in [2.05, 4.69) is 0 Å². The van der Waals surface area contributed by atoms with Crippen molar-refractivity contribution in [3.63, 3.8) is 0 Å². The van der Waals surface area contributed by atoms with Crippen molar-refractivity contribution in [1.29, 1.82) is 5.26 Å². The number of methoxy groups -OCH3 is 1. The lowest BCUT2D eigenvalue weighted by molar-refractivity contribution is 0.377. The minimum absolute atomic E-state index is 0.279. The summed E-state index contributed by atoms with van der Waals surface area (Å²) in [5.74, 6) is 0.842. The molecule has 1 aromatic rings. The quantitative estimate of drug-likeness (QED) is 0.733. The molecule has 0 amide bonds. The lowest BCUT2D eigenvalue weighted by Gasteiger charge is -2.16. The number of thiocarbonyl (C=S) groups is 1. The van der Waals surface area contributed by atoms with E-state index in [1.165, 1.54) is 7.11 Å². The van der Waals surface area contributed by atoms with Gasteiger partial charge in [-0.1, -0.05) is 6.07 Å². The van der Waals surface area contributed by atoms with Gasteiger partial charge in [-0.25, -0.2) is 0 Å². The lowest BCUT2D eigenvalue weighted by Crippen LogP contribution is -2.25. The zero-order valence-electron chi connectivity index (χ0n) is 9.35. The summed E-state index contributed by atoms with van der Waals surface area (Å²) in [5.41, 5.74) is 0.392. The van der Waals surface area contributed by atoms with Crippen molar-refractivity contribution < 1.29 is 9.47 Å². The van der Waals surface area contributed by atoms with Gasteiger partial charge in [0, 0.05) is 14.1 Å². The van der Waals surface area contributed by atoms with Crippen LogP contribution in [-0.2, 0) is 0 Å². The van der Waals surface area contributed by atoms with E-state index in [0.717, 1.165) is 0 Å². The summed E-state index contributed by atoms with van der Waals surface area (Å²) in [6, 6.07) is 7.12. The van der Waals surface area contributed by atoms with Crippen LogP contribution in [-0.4, -0.2) is 31.3 Å². The Morgan fingerprint density at radius 2 is 2.12 bits per heavy atom. The van der Waals surface area contributed by atoms with Crippen LogP contribution in [0.3, 0.4) is 0 Å². The minimum atomic E-state index is 0.279. The third-order valence-electron chi connectivity index (χ3n) is 1.87. The van der Waals surface area contributed by atoms with Crippen LogP contribution in [0, 0.1) is 11.3 Å². The van der Waals surface area contributed by atoms with E-state index in [0.29, 0.717) is 17.1 Å². The van der Waals surface area contributed by atoms with Crippen LogP contribution < -0.4 is 9.47 Å². The van der Waals surface area contributed by atoms with Crippen molar-refractivity contribution in [2.75, 3.05) is 21.2 Å². The number of benzene rings is 1. The maximum Gasteiger partial charge on any atom is 0.264 e. The van der Waals surface area contributed by atoms with Crippen LogP contribution in [0.4, 0.5) is 0 Å². The number of rotatable bonds is 2. The fraction of sp³-hybridized carbons (Fsp3) is 0.273. The van der Waals surface area contributed by atoms with Crippen LogP contribution in [0.15, 0.2) is 18.2 Å². The monoisotopic (exact) mass is 236 g/mol. The molecule has 0 saturated heterocycles.